The molecule has 43 heavy (non-hydrogen) atoms. The van der Waals surface area contributed by atoms with E-state index >= 15 is 0 Å². The lowest BCUT2D eigenvalue weighted by molar-refractivity contribution is -0.132. The van der Waals surface area contributed by atoms with Crippen LogP contribution in [0.15, 0.2) is 88.8 Å². The fraction of sp³-hybridized carbons (Fsp3) is 0.219. The zero-order valence-corrected chi connectivity index (χ0v) is 25.2. The van der Waals surface area contributed by atoms with Gasteiger partial charge in [-0.2, -0.15) is 0 Å². The van der Waals surface area contributed by atoms with Gasteiger partial charge in [0.1, 0.15) is 11.5 Å². The number of benzene rings is 3. The van der Waals surface area contributed by atoms with Crippen LogP contribution in [0.2, 0.25) is 0 Å². The molecule has 11 heteroatoms. The summed E-state index contributed by atoms with van der Waals surface area (Å²) in [5, 5.41) is 20.2. The Hall–Kier alpha value is -4.48. The molecule has 1 atom stereocenters. The van der Waals surface area contributed by atoms with E-state index in [1.165, 1.54) is 35.1 Å². The van der Waals surface area contributed by atoms with Crippen molar-refractivity contribution in [3.05, 3.63) is 107 Å². The summed E-state index contributed by atoms with van der Waals surface area (Å²) in [5.74, 6) is -1.24. The lowest BCUT2D eigenvalue weighted by Crippen LogP contribution is -2.29. The Morgan fingerprint density at radius 3 is 2.35 bits per heavy atom. The van der Waals surface area contributed by atoms with Gasteiger partial charge in [-0.05, 0) is 53.9 Å². The van der Waals surface area contributed by atoms with Crippen LogP contribution in [0.1, 0.15) is 52.9 Å². The maximum atomic E-state index is 13.5. The number of thioether (sulfide) groups is 1. The second-order valence-corrected chi connectivity index (χ2v) is 11.8. The third kappa shape index (κ3) is 6.63. The van der Waals surface area contributed by atoms with Gasteiger partial charge in [-0.25, -0.2) is 4.79 Å². The van der Waals surface area contributed by atoms with E-state index in [9.17, 15) is 19.5 Å². The van der Waals surface area contributed by atoms with Crippen LogP contribution in [0, 0.1) is 0 Å². The lowest BCUT2D eigenvalue weighted by atomic mass is 9.94. The van der Waals surface area contributed by atoms with Gasteiger partial charge in [0.25, 0.3) is 5.78 Å². The van der Waals surface area contributed by atoms with Crippen molar-refractivity contribution < 1.29 is 29.0 Å². The van der Waals surface area contributed by atoms with Crippen LogP contribution in [-0.2, 0) is 20.1 Å². The number of carbonyl (C=O) groups is 3. The molecule has 1 fully saturated rings. The van der Waals surface area contributed by atoms with Crippen molar-refractivity contribution in [3.63, 3.8) is 0 Å². The number of hydrogen-bond donors (Lipinski definition) is 1. The SMILES string of the molecule is CCCCOc1ccc(C(O)=C2C(=O)C(=O)N(c3nnc(SCc4ccccc4)s3)[C@@H]2c2ccc(C(=O)OC)cc2)cc1. The number of ether oxygens (including phenoxy) is 2. The smallest absolute Gasteiger partial charge is 0.337 e. The predicted octanol–water partition coefficient (Wildman–Crippen LogP) is 6.42. The third-order valence-corrected chi connectivity index (χ3v) is 8.92. The number of anilines is 1. The van der Waals surface area contributed by atoms with Crippen molar-refractivity contribution in [2.45, 2.75) is 35.9 Å². The van der Waals surface area contributed by atoms with Crippen molar-refractivity contribution in [3.8, 4) is 5.75 Å². The molecule has 0 unspecified atom stereocenters. The summed E-state index contributed by atoms with van der Waals surface area (Å²) in [6.45, 7) is 2.65. The molecule has 1 saturated heterocycles. The summed E-state index contributed by atoms with van der Waals surface area (Å²) >= 11 is 2.65. The van der Waals surface area contributed by atoms with Crippen LogP contribution in [0.3, 0.4) is 0 Å². The number of carbonyl (C=O) groups excluding carboxylic acids is 3. The number of aromatic nitrogens is 2. The average molecular weight is 616 g/mol. The van der Waals surface area contributed by atoms with Crippen molar-refractivity contribution in [2.24, 2.45) is 0 Å². The highest BCUT2D eigenvalue weighted by Gasteiger charge is 2.48. The molecule has 1 aromatic heterocycles. The summed E-state index contributed by atoms with van der Waals surface area (Å²) in [7, 11) is 1.29. The largest absolute Gasteiger partial charge is 0.507 e. The fourth-order valence-corrected chi connectivity index (χ4v) is 6.36. The molecule has 0 saturated carbocycles. The number of amides is 1. The van der Waals surface area contributed by atoms with E-state index < -0.39 is 23.7 Å². The Balaban J connectivity index is 1.51. The summed E-state index contributed by atoms with van der Waals surface area (Å²) in [6, 6.07) is 21.9. The molecule has 0 aliphatic carbocycles. The van der Waals surface area contributed by atoms with E-state index in [-0.39, 0.29) is 16.5 Å². The highest BCUT2D eigenvalue weighted by Crippen LogP contribution is 2.44. The number of esters is 1. The van der Waals surface area contributed by atoms with Gasteiger partial charge in [0.15, 0.2) is 4.34 Å². The Morgan fingerprint density at radius 2 is 1.67 bits per heavy atom. The number of aliphatic hydroxyl groups excluding tert-OH is 1. The number of Topliss-reactive ketones (excluding diaryl/α,β-unsaturated/α-hetero) is 1. The van der Waals surface area contributed by atoms with Gasteiger partial charge >= 0.3 is 11.9 Å². The third-order valence-electron chi connectivity index (χ3n) is 6.79. The van der Waals surface area contributed by atoms with Crippen molar-refractivity contribution in [1.29, 1.82) is 0 Å². The van der Waals surface area contributed by atoms with Crippen LogP contribution in [0.5, 0.6) is 5.75 Å². The van der Waals surface area contributed by atoms with E-state index in [2.05, 4.69) is 17.1 Å². The number of aliphatic hydroxyl groups is 1. The van der Waals surface area contributed by atoms with Gasteiger partial charge < -0.3 is 14.6 Å². The first kappa shape index (κ1) is 30.0. The molecule has 3 aromatic carbocycles. The molecular weight excluding hydrogens is 587 g/mol. The fourth-order valence-electron chi connectivity index (χ4n) is 4.54. The normalized spacial score (nSPS) is 16.0. The average Bonchev–Trinajstić information content (AvgIpc) is 3.62. The number of hydrogen-bond acceptors (Lipinski definition) is 10. The zero-order chi connectivity index (χ0) is 30.3. The maximum Gasteiger partial charge on any atom is 0.337 e. The summed E-state index contributed by atoms with van der Waals surface area (Å²) < 4.78 is 11.1. The Kier molecular flexibility index (Phi) is 9.53. The highest BCUT2D eigenvalue weighted by atomic mass is 32.2. The topological polar surface area (TPSA) is 119 Å². The Morgan fingerprint density at radius 1 is 0.977 bits per heavy atom. The van der Waals surface area contributed by atoms with Gasteiger partial charge in [0.05, 0.1) is 30.9 Å². The van der Waals surface area contributed by atoms with Gasteiger partial charge in [-0.1, -0.05) is 78.9 Å². The van der Waals surface area contributed by atoms with Gasteiger partial charge in [-0.3, -0.25) is 14.5 Å². The van der Waals surface area contributed by atoms with E-state index in [0.29, 0.717) is 39.1 Å². The number of unbranched alkanes of at least 4 members (excludes halogenated alkanes) is 1. The minimum absolute atomic E-state index is 0.0934. The first-order chi connectivity index (χ1) is 20.9. The second-order valence-electron chi connectivity index (χ2n) is 9.63. The molecule has 220 valence electrons. The van der Waals surface area contributed by atoms with Crippen LogP contribution < -0.4 is 9.64 Å². The Labute approximate surface area is 257 Å². The molecule has 5 rings (SSSR count). The number of ketones is 1. The first-order valence-electron chi connectivity index (χ1n) is 13.6. The highest BCUT2D eigenvalue weighted by molar-refractivity contribution is 8.00. The van der Waals surface area contributed by atoms with E-state index in [1.54, 1.807) is 48.5 Å². The number of nitrogens with zero attached hydrogens (tertiary/aromatic N) is 3. The Bertz CT molecular complexity index is 1640. The minimum Gasteiger partial charge on any atom is -0.507 e. The van der Waals surface area contributed by atoms with E-state index in [4.69, 9.17) is 9.47 Å². The van der Waals surface area contributed by atoms with Crippen LogP contribution in [-0.4, -0.2) is 46.7 Å². The predicted molar refractivity (Wildman–Crippen MR) is 165 cm³/mol. The zero-order valence-electron chi connectivity index (χ0n) is 23.6. The molecule has 0 radical (unpaired) electrons. The molecule has 0 bridgehead atoms. The quantitative estimate of drug-likeness (QED) is 0.0388. The first-order valence-corrected chi connectivity index (χ1v) is 15.4. The minimum atomic E-state index is -1.01. The van der Waals surface area contributed by atoms with Gasteiger partial charge in [0, 0.05) is 11.3 Å². The van der Waals surface area contributed by atoms with Crippen molar-refractivity contribution in [1.82, 2.24) is 10.2 Å². The maximum absolute atomic E-state index is 13.5. The van der Waals surface area contributed by atoms with Crippen LogP contribution in [0.4, 0.5) is 5.13 Å². The number of rotatable bonds is 11. The number of methoxy groups -OCH3 is 1. The second kappa shape index (κ2) is 13.7. The van der Waals surface area contributed by atoms with Crippen LogP contribution >= 0.6 is 23.1 Å². The summed E-state index contributed by atoms with van der Waals surface area (Å²) in [4.78, 5) is 40.3. The molecule has 4 aromatic rings. The lowest BCUT2D eigenvalue weighted by Gasteiger charge is -2.22. The van der Waals surface area contributed by atoms with Gasteiger partial charge in [-0.15, -0.1) is 10.2 Å². The van der Waals surface area contributed by atoms with E-state index in [0.717, 1.165) is 18.4 Å². The summed E-state index contributed by atoms with van der Waals surface area (Å²) in [6.07, 6.45) is 1.92. The molecular formula is C32H29N3O6S2. The monoisotopic (exact) mass is 615 g/mol. The molecule has 9 nitrogen and oxygen atoms in total. The molecule has 2 heterocycles. The molecule has 1 amide bonds. The molecule has 1 aliphatic rings. The van der Waals surface area contributed by atoms with E-state index in [1.807, 2.05) is 30.3 Å². The molecule has 1 aliphatic heterocycles. The van der Waals surface area contributed by atoms with Crippen molar-refractivity contribution in [2.75, 3.05) is 18.6 Å². The molecule has 0 spiro atoms. The van der Waals surface area contributed by atoms with Crippen molar-refractivity contribution >= 4 is 51.6 Å². The standard InChI is InChI=1S/C32H29N3O6S2/c1-3-4-18-41-24-16-14-22(15-17-24)27(36)25-26(21-10-12-23(13-11-21)30(39)40-2)35(29(38)28(25)37)31-33-34-32(43-31)42-19-20-8-6-5-7-9-20/h5-17,26,36H,3-4,18-19H2,1-2H3/t26-/m1/s1. The molecule has 1 N–H and O–H groups in total. The summed E-state index contributed by atoms with van der Waals surface area (Å²) in [5.41, 5.74) is 2.17. The van der Waals surface area contributed by atoms with Gasteiger partial charge in [0.2, 0.25) is 5.13 Å². The van der Waals surface area contributed by atoms with Crippen LogP contribution in [0.25, 0.3) is 5.76 Å².